The van der Waals surface area contributed by atoms with Gasteiger partial charge in [-0.3, -0.25) is 14.4 Å². The van der Waals surface area contributed by atoms with Gasteiger partial charge in [0.2, 0.25) is 0 Å². The third kappa shape index (κ3) is 13.3. The molecule has 0 saturated carbocycles. The van der Waals surface area contributed by atoms with Gasteiger partial charge in [0.25, 0.3) is 0 Å². The number of carboxylic acids is 3. The van der Waals surface area contributed by atoms with Crippen LogP contribution >= 0.6 is 36.7 Å². The summed E-state index contributed by atoms with van der Waals surface area (Å²) in [4.78, 5) is 77.2. The lowest BCUT2D eigenvalue weighted by Crippen LogP contribution is -2.33. The molecule has 3 aliphatic carbocycles. The lowest BCUT2D eigenvalue weighted by atomic mass is 9.83. The molecular formula is C78H60N6O15S3. The van der Waals surface area contributed by atoms with E-state index < -0.39 is 17.9 Å². The molecule has 0 amide bonds. The van der Waals surface area contributed by atoms with Gasteiger partial charge in [0.05, 0.1) is 16.7 Å². The summed E-state index contributed by atoms with van der Waals surface area (Å²) in [5.41, 5.74) is 9.86. The van der Waals surface area contributed by atoms with Gasteiger partial charge in [0, 0.05) is 123 Å². The van der Waals surface area contributed by atoms with E-state index in [-0.39, 0.29) is 119 Å². The highest BCUT2D eigenvalue weighted by atomic mass is 32.1. The molecule has 0 unspecified atom stereocenters. The van der Waals surface area contributed by atoms with Gasteiger partial charge in [-0.05, 0) is 215 Å². The summed E-state index contributed by atoms with van der Waals surface area (Å²) in [7, 11) is 0. The Bertz CT molecular complexity index is 5210. The monoisotopic (exact) mass is 1420 g/mol. The molecule has 12 N–H and O–H groups in total. The van der Waals surface area contributed by atoms with Gasteiger partial charge in [0.15, 0.2) is 31.6 Å². The van der Waals surface area contributed by atoms with Crippen molar-refractivity contribution < 1.29 is 58.3 Å². The minimum absolute atomic E-state index is 0.0890. The fourth-order valence-electron chi connectivity index (χ4n) is 13.5. The summed E-state index contributed by atoms with van der Waals surface area (Å²) in [6.45, 7) is 6.60. The maximum atomic E-state index is 13.2. The summed E-state index contributed by atoms with van der Waals surface area (Å²) in [5.74, 6) is -3.41. The Morgan fingerprint density at radius 2 is 0.608 bits per heavy atom. The highest BCUT2D eigenvalue weighted by molar-refractivity contribution is 7.80. The zero-order chi connectivity index (χ0) is 71.9. The summed E-state index contributed by atoms with van der Waals surface area (Å²) in [6, 6.07) is 40.5. The molecule has 0 radical (unpaired) electrons. The topological polar surface area (TPSA) is 335 Å². The van der Waals surface area contributed by atoms with Crippen molar-refractivity contribution in [1.29, 1.82) is 0 Å². The Morgan fingerprint density at radius 1 is 0.343 bits per heavy atom. The molecule has 21 nitrogen and oxygen atoms in total. The zero-order valence-electron chi connectivity index (χ0n) is 54.4. The normalized spacial score (nSPS) is 11.3. The van der Waals surface area contributed by atoms with Gasteiger partial charge in [-0.25, -0.2) is 14.4 Å². The Balaban J connectivity index is 0.815. The number of nitrogens with one attached hydrogen (secondary N) is 6. The molecule has 0 spiro atoms. The first-order chi connectivity index (χ1) is 49.1. The molecule has 3 aliphatic heterocycles. The van der Waals surface area contributed by atoms with Gasteiger partial charge in [0.1, 0.15) is 51.3 Å². The van der Waals surface area contributed by atoms with Crippen molar-refractivity contribution in [3.63, 3.8) is 0 Å². The van der Waals surface area contributed by atoms with E-state index in [2.05, 4.69) is 31.9 Å². The van der Waals surface area contributed by atoms with Gasteiger partial charge in [-0.2, -0.15) is 0 Å². The van der Waals surface area contributed by atoms with Crippen molar-refractivity contribution in [1.82, 2.24) is 16.0 Å². The van der Waals surface area contributed by atoms with Gasteiger partial charge >= 0.3 is 17.9 Å². The van der Waals surface area contributed by atoms with Crippen molar-refractivity contribution in [2.45, 2.75) is 59.7 Å². The molecule has 7 aromatic rings. The van der Waals surface area contributed by atoms with Crippen LogP contribution in [-0.2, 0) is 38.9 Å². The first kappa shape index (κ1) is 68.0. The highest BCUT2D eigenvalue weighted by Gasteiger charge is 2.28. The van der Waals surface area contributed by atoms with E-state index in [1.54, 1.807) is 72.8 Å². The smallest absolute Gasteiger partial charge is 0.336 e. The number of thiocarbonyl (C=S) groups is 3. The first-order valence-corrected chi connectivity index (χ1v) is 33.3. The van der Waals surface area contributed by atoms with E-state index in [1.165, 1.54) is 91.0 Å². The van der Waals surface area contributed by atoms with E-state index in [0.29, 0.717) is 103 Å². The Morgan fingerprint density at radius 3 is 0.863 bits per heavy atom. The lowest BCUT2D eigenvalue weighted by Gasteiger charge is -2.27. The van der Waals surface area contributed by atoms with Gasteiger partial charge in [-0.15, -0.1) is 0 Å². The van der Waals surface area contributed by atoms with Crippen molar-refractivity contribution in [2.24, 2.45) is 0 Å². The molecule has 7 aromatic carbocycles. The molecule has 510 valence electrons. The maximum absolute atomic E-state index is 13.2. The lowest BCUT2D eigenvalue weighted by molar-refractivity contribution is 0.0687. The number of phenolic OH excluding ortho intramolecular Hbond substituents is 3. The number of hydrogen-bond donors (Lipinski definition) is 12. The molecule has 0 aromatic heterocycles. The third-order valence-electron chi connectivity index (χ3n) is 17.9. The van der Waals surface area contributed by atoms with Crippen LogP contribution in [0.4, 0.5) is 17.1 Å². The second-order valence-electron chi connectivity index (χ2n) is 24.0. The number of carboxylic acid groups (broad SMARTS) is 3. The van der Waals surface area contributed by atoms with Gasteiger partial charge < -0.3 is 75.8 Å². The molecule has 0 atom stereocenters. The van der Waals surface area contributed by atoms with Crippen LogP contribution in [0.2, 0.25) is 0 Å². The Kier molecular flexibility index (Phi) is 18.7. The number of carbonyl (C=O) groups is 3. The SMILES string of the molecule is CCc1c(CNC(=S)Nc2ccc(-c3c4ccc(=O)cc-4oc4cc(O)ccc34)c(C(=O)O)c2)c(CC)c(CNC(=S)Nc2ccc(-c3c4ccc(=O)cc-4oc4cc(O)ccc34)c(C(=O)O)c2)c(CC)c1CNC(=S)Nc1ccc(-c2c3ccc(=O)cc-3oc3cc(O)ccc23)c(C(=O)O)c1. The summed E-state index contributed by atoms with van der Waals surface area (Å²) in [5, 5.41) is 85.1. The number of aromatic carboxylic acids is 3. The molecule has 102 heavy (non-hydrogen) atoms. The number of aromatic hydroxyl groups is 3. The Labute approximate surface area is 595 Å². The van der Waals surface area contributed by atoms with Crippen LogP contribution in [0.1, 0.15) is 85.2 Å². The van der Waals surface area contributed by atoms with E-state index >= 15 is 0 Å². The van der Waals surface area contributed by atoms with Crippen LogP contribution in [-0.4, -0.2) is 63.9 Å². The minimum atomic E-state index is -1.25. The summed E-state index contributed by atoms with van der Waals surface area (Å²) < 4.78 is 18.1. The maximum Gasteiger partial charge on any atom is 0.336 e. The van der Waals surface area contributed by atoms with Crippen LogP contribution in [0.5, 0.6) is 17.2 Å². The molecule has 24 heteroatoms. The van der Waals surface area contributed by atoms with E-state index in [0.717, 1.165) is 33.4 Å². The quantitative estimate of drug-likeness (QED) is 0.0280. The van der Waals surface area contributed by atoms with Crippen molar-refractivity contribution in [3.05, 3.63) is 245 Å². The second kappa shape index (κ2) is 28.0. The van der Waals surface area contributed by atoms with Crippen molar-refractivity contribution in [2.75, 3.05) is 16.0 Å². The fourth-order valence-corrected chi connectivity index (χ4v) is 14.1. The number of fused-ring (bicyclic) bond motifs is 6. The number of benzene rings is 10. The summed E-state index contributed by atoms with van der Waals surface area (Å²) in [6.07, 6.45) is 1.58. The average Bonchev–Trinajstić information content (AvgIpc) is 0.695. The van der Waals surface area contributed by atoms with E-state index in [1.807, 2.05) is 20.8 Å². The first-order valence-electron chi connectivity index (χ1n) is 32.1. The number of hydrogen-bond acceptors (Lipinski definition) is 15. The van der Waals surface area contributed by atoms with Crippen LogP contribution in [0.3, 0.4) is 0 Å². The molecule has 0 bridgehead atoms. The van der Waals surface area contributed by atoms with Crippen LogP contribution in [0.15, 0.2) is 191 Å². The fraction of sp³-hybridized carbons (Fsp3) is 0.115. The highest BCUT2D eigenvalue weighted by Crippen LogP contribution is 2.46. The molecule has 6 aliphatic rings. The molecule has 3 heterocycles. The molecular weight excluding hydrogens is 1360 g/mol. The Hall–Kier alpha value is -12.5. The minimum Gasteiger partial charge on any atom is -0.508 e. The predicted molar refractivity (Wildman–Crippen MR) is 403 cm³/mol. The molecule has 0 saturated heterocycles. The summed E-state index contributed by atoms with van der Waals surface area (Å²) >= 11 is 17.9. The molecule has 13 rings (SSSR count). The van der Waals surface area contributed by atoms with E-state index in [4.69, 9.17) is 49.9 Å². The van der Waals surface area contributed by atoms with Crippen LogP contribution < -0.4 is 48.2 Å². The molecule has 0 fully saturated rings. The van der Waals surface area contributed by atoms with Crippen LogP contribution in [0.25, 0.3) is 100 Å². The van der Waals surface area contributed by atoms with Crippen molar-refractivity contribution in [3.8, 4) is 84.6 Å². The average molecular weight is 1420 g/mol. The van der Waals surface area contributed by atoms with Crippen LogP contribution in [0, 0.1) is 0 Å². The number of phenols is 3. The number of rotatable bonds is 18. The third-order valence-corrected chi connectivity index (χ3v) is 18.6. The number of anilines is 3. The standard InChI is InChI=1S/C78H60N6O15S3/c1-4-46-61(34-79-76(100)82-37-7-16-49(58(25-37)73(91)92)70-52-19-10-40(85)28-64(52)97-65-29-41(86)11-20-53(65)70)47(5-2)63(36-81-78(102)84-39-9-18-51(60(27-39)75(95)96)72-56-23-14-44(89)32-68(56)99-69-33-45(90)15-24-57(69)72)48(6-3)62(46)35-80-77(101)83-38-8-17-50(59(26-38)74(93)94)71-54-21-12-42(87)30-66(54)98-67-31-43(88)13-22-55(67)71/h7-33,85,87,89H,4-6,34-36H2,1-3H3,(H,91,92)(H,93,94)(H,95,96)(H2,79,82,100)(H2,80,83,101)(H2,81,84,102). The predicted octanol–water partition coefficient (Wildman–Crippen LogP) is 14.7. The largest absolute Gasteiger partial charge is 0.508 e. The zero-order valence-corrected chi connectivity index (χ0v) is 56.9. The van der Waals surface area contributed by atoms with E-state index in [9.17, 15) is 59.4 Å². The van der Waals surface area contributed by atoms with Crippen molar-refractivity contribution >= 4 is 120 Å². The van der Waals surface area contributed by atoms with Gasteiger partial charge in [-0.1, -0.05) is 39.0 Å². The second-order valence-corrected chi connectivity index (χ2v) is 25.2.